The molecule has 2 aromatic heterocycles. The number of piperidine rings is 1. The largest absolute Gasteiger partial charge is 0.472 e. The molecule has 0 bridgehead atoms. The Morgan fingerprint density at radius 2 is 2.14 bits per heavy atom. The van der Waals surface area contributed by atoms with E-state index in [4.69, 9.17) is 14.7 Å². The Morgan fingerprint density at radius 1 is 1.35 bits per heavy atom. The molecule has 0 aromatic carbocycles. The molecule has 2 aromatic rings. The molecule has 0 radical (unpaired) electrons. The lowest BCUT2D eigenvalue weighted by Crippen LogP contribution is -2.46. The van der Waals surface area contributed by atoms with Gasteiger partial charge in [-0.15, -0.1) is 0 Å². The van der Waals surface area contributed by atoms with E-state index in [0.717, 1.165) is 19.3 Å². The van der Waals surface area contributed by atoms with Gasteiger partial charge in [-0.3, -0.25) is 4.79 Å². The van der Waals surface area contributed by atoms with E-state index in [1.165, 1.54) is 11.5 Å². The average molecular weight is 529 g/mol. The second kappa shape index (κ2) is 12.7. The van der Waals surface area contributed by atoms with E-state index in [2.05, 4.69) is 33.0 Å². The Labute approximate surface area is 222 Å². The Bertz CT molecular complexity index is 1110. The molecule has 1 saturated heterocycles. The van der Waals surface area contributed by atoms with E-state index < -0.39 is 5.60 Å². The first kappa shape index (κ1) is 28.2. The molecule has 11 heteroatoms. The van der Waals surface area contributed by atoms with Gasteiger partial charge in [0.05, 0.1) is 35.8 Å². The molecule has 3 rings (SSSR count). The zero-order valence-electron chi connectivity index (χ0n) is 22.2. The number of rotatable bonds is 9. The smallest absolute Gasteiger partial charge is 0.410 e. The quantitative estimate of drug-likeness (QED) is 0.453. The molecule has 2 atom stereocenters. The predicted octanol–water partition coefficient (Wildman–Crippen LogP) is 5.23. The van der Waals surface area contributed by atoms with Crippen LogP contribution in [0.5, 0.6) is 5.88 Å². The van der Waals surface area contributed by atoms with Crippen LogP contribution in [0.2, 0.25) is 0 Å². The molecule has 1 aliphatic rings. The van der Waals surface area contributed by atoms with Crippen LogP contribution in [-0.2, 0) is 4.74 Å². The number of aryl methyl sites for hydroxylation is 1. The summed E-state index contributed by atoms with van der Waals surface area (Å²) in [5.41, 5.74) is 1.14. The number of hydrogen-bond acceptors (Lipinski definition) is 9. The molecule has 10 nitrogen and oxygen atoms in total. The number of carbonyl (C=O) groups is 2. The van der Waals surface area contributed by atoms with Gasteiger partial charge in [0.15, 0.2) is 0 Å². The van der Waals surface area contributed by atoms with Gasteiger partial charge in [0.1, 0.15) is 16.7 Å². The summed E-state index contributed by atoms with van der Waals surface area (Å²) in [5, 5.41) is 15.6. The third-order valence-electron chi connectivity index (χ3n) is 5.76. The Hall–Kier alpha value is -3.39. The molecule has 0 spiro atoms. The predicted molar refractivity (Wildman–Crippen MR) is 143 cm³/mol. The van der Waals surface area contributed by atoms with E-state index in [9.17, 15) is 9.59 Å². The van der Waals surface area contributed by atoms with Crippen molar-refractivity contribution in [3.63, 3.8) is 0 Å². The Kier molecular flexibility index (Phi) is 9.69. The average Bonchev–Trinajstić information content (AvgIpc) is 3.22. The van der Waals surface area contributed by atoms with E-state index in [1.54, 1.807) is 30.2 Å². The molecule has 37 heavy (non-hydrogen) atoms. The number of aromatic nitrogens is 2. The fourth-order valence-electron chi connectivity index (χ4n) is 3.85. The van der Waals surface area contributed by atoms with Crippen molar-refractivity contribution in [3.8, 4) is 11.9 Å². The van der Waals surface area contributed by atoms with Crippen LogP contribution in [0.1, 0.15) is 69.4 Å². The molecule has 2 N–H and O–H groups in total. The zero-order valence-corrected chi connectivity index (χ0v) is 23.0. The number of anilines is 2. The van der Waals surface area contributed by atoms with Crippen LogP contribution < -0.4 is 15.4 Å². The van der Waals surface area contributed by atoms with Crippen LogP contribution in [0.15, 0.2) is 18.3 Å². The number of nitrogens with one attached hydrogen (secondary N) is 2. The molecular weight excluding hydrogens is 492 g/mol. The standard InChI is InChI=1S/C26H36N6O4S/c1-17(8-6-12-27)14-29-24-22(18(2)31-37-24)23(33)30-19-10-11-21(28-15-19)35-20-9-7-13-32(16-20)25(34)36-26(3,4)5/h10-11,15,17,20,29H,6-9,13-14,16H2,1-5H3,(H,30,33). The van der Waals surface area contributed by atoms with Crippen molar-refractivity contribution in [1.82, 2.24) is 14.3 Å². The van der Waals surface area contributed by atoms with Gasteiger partial charge < -0.3 is 25.0 Å². The van der Waals surface area contributed by atoms with Gasteiger partial charge in [0.2, 0.25) is 5.88 Å². The minimum absolute atomic E-state index is 0.182. The lowest BCUT2D eigenvalue weighted by Gasteiger charge is -2.33. The number of carbonyl (C=O) groups excluding carboxylic acids is 2. The summed E-state index contributed by atoms with van der Waals surface area (Å²) < 4.78 is 15.8. The Balaban J connectivity index is 1.55. The number of likely N-dealkylation sites (tertiary alicyclic amines) is 1. The fourth-order valence-corrected chi connectivity index (χ4v) is 4.65. The van der Waals surface area contributed by atoms with Gasteiger partial charge in [-0.1, -0.05) is 6.92 Å². The van der Waals surface area contributed by atoms with Crippen molar-refractivity contribution in [2.75, 3.05) is 30.3 Å². The van der Waals surface area contributed by atoms with E-state index >= 15 is 0 Å². The molecule has 2 amide bonds. The highest BCUT2D eigenvalue weighted by Gasteiger charge is 2.29. The van der Waals surface area contributed by atoms with Crippen molar-refractivity contribution in [2.45, 2.75) is 72.0 Å². The molecule has 1 fully saturated rings. The van der Waals surface area contributed by atoms with Crippen molar-refractivity contribution >= 4 is 34.2 Å². The summed E-state index contributed by atoms with van der Waals surface area (Å²) in [6, 6.07) is 5.60. The highest BCUT2D eigenvalue weighted by molar-refractivity contribution is 7.10. The monoisotopic (exact) mass is 528 g/mol. The normalized spacial score (nSPS) is 16.4. The summed E-state index contributed by atoms with van der Waals surface area (Å²) >= 11 is 1.25. The van der Waals surface area contributed by atoms with E-state index in [-0.39, 0.29) is 18.1 Å². The lowest BCUT2D eigenvalue weighted by molar-refractivity contribution is 0.00722. The van der Waals surface area contributed by atoms with Gasteiger partial charge >= 0.3 is 6.09 Å². The number of nitrogens with zero attached hydrogens (tertiary/aromatic N) is 4. The molecule has 2 unspecified atom stereocenters. The van der Waals surface area contributed by atoms with Gasteiger partial charge in [-0.25, -0.2) is 9.78 Å². The van der Waals surface area contributed by atoms with Crippen molar-refractivity contribution < 1.29 is 19.1 Å². The number of nitriles is 1. The van der Waals surface area contributed by atoms with Crippen LogP contribution in [-0.4, -0.2) is 57.6 Å². The van der Waals surface area contributed by atoms with Gasteiger partial charge in [0.25, 0.3) is 5.91 Å². The van der Waals surface area contributed by atoms with Crippen LogP contribution in [0.4, 0.5) is 15.5 Å². The number of ether oxygens (including phenoxy) is 2. The minimum Gasteiger partial charge on any atom is -0.472 e. The zero-order chi connectivity index (χ0) is 27.0. The SMILES string of the molecule is Cc1nsc(NCC(C)CCC#N)c1C(=O)Nc1ccc(OC2CCCN(C(=O)OC(C)(C)C)C2)nc1. The number of hydrogen-bond donors (Lipinski definition) is 2. The number of pyridine rings is 1. The van der Waals surface area contributed by atoms with Crippen molar-refractivity contribution in [2.24, 2.45) is 5.92 Å². The lowest BCUT2D eigenvalue weighted by atomic mass is 10.1. The first-order chi connectivity index (χ1) is 17.6. The first-order valence-corrected chi connectivity index (χ1v) is 13.3. The second-order valence-electron chi connectivity index (χ2n) is 10.3. The first-order valence-electron chi connectivity index (χ1n) is 12.5. The maximum atomic E-state index is 13.0. The molecule has 0 aliphatic carbocycles. The van der Waals surface area contributed by atoms with Crippen molar-refractivity contribution in [1.29, 1.82) is 5.26 Å². The van der Waals surface area contributed by atoms with Gasteiger partial charge in [-0.2, -0.15) is 9.64 Å². The summed E-state index contributed by atoms with van der Waals surface area (Å²) in [6.07, 6.45) is 3.96. The molecule has 200 valence electrons. The maximum Gasteiger partial charge on any atom is 0.410 e. The van der Waals surface area contributed by atoms with E-state index in [0.29, 0.717) is 59.8 Å². The van der Waals surface area contributed by atoms with Crippen LogP contribution in [0.25, 0.3) is 0 Å². The van der Waals surface area contributed by atoms with Crippen LogP contribution in [0.3, 0.4) is 0 Å². The topological polar surface area (TPSA) is 129 Å². The summed E-state index contributed by atoms with van der Waals surface area (Å²) in [5.74, 6) is 0.459. The van der Waals surface area contributed by atoms with E-state index in [1.807, 2.05) is 20.8 Å². The Morgan fingerprint density at radius 3 is 2.81 bits per heavy atom. The molecule has 1 aliphatic heterocycles. The second-order valence-corrected chi connectivity index (χ2v) is 11.1. The minimum atomic E-state index is -0.544. The summed E-state index contributed by atoms with van der Waals surface area (Å²) in [7, 11) is 0. The molecular formula is C26H36N6O4S. The van der Waals surface area contributed by atoms with Crippen LogP contribution in [0, 0.1) is 24.2 Å². The van der Waals surface area contributed by atoms with Gasteiger partial charge in [-0.05, 0) is 70.5 Å². The van der Waals surface area contributed by atoms with Crippen molar-refractivity contribution in [3.05, 3.63) is 29.6 Å². The molecule has 3 heterocycles. The third kappa shape index (κ3) is 8.60. The fraction of sp³-hybridized carbons (Fsp3) is 0.577. The maximum absolute atomic E-state index is 13.0. The summed E-state index contributed by atoms with van der Waals surface area (Å²) in [6.45, 7) is 11.1. The highest BCUT2D eigenvalue weighted by Crippen LogP contribution is 2.27. The molecule has 0 saturated carbocycles. The highest BCUT2D eigenvalue weighted by atomic mass is 32.1. The third-order valence-corrected chi connectivity index (χ3v) is 6.66. The van der Waals surface area contributed by atoms with Crippen LogP contribution >= 0.6 is 11.5 Å². The van der Waals surface area contributed by atoms with Gasteiger partial charge in [0, 0.05) is 25.6 Å². The number of amides is 2. The summed E-state index contributed by atoms with van der Waals surface area (Å²) in [4.78, 5) is 31.4.